The topological polar surface area (TPSA) is 25.8 Å². The fraction of sp³-hybridized carbons (Fsp3) is 0.0968. The highest BCUT2D eigenvalue weighted by molar-refractivity contribution is 6.27. The van der Waals surface area contributed by atoms with Crippen LogP contribution in [0.2, 0.25) is 0 Å². The number of rotatable bonds is 5. The van der Waals surface area contributed by atoms with E-state index in [2.05, 4.69) is 208 Å². The van der Waals surface area contributed by atoms with Crippen LogP contribution in [0.3, 0.4) is 0 Å². The summed E-state index contributed by atoms with van der Waals surface area (Å²) in [6, 6.07) is 64.3. The van der Waals surface area contributed by atoms with E-state index >= 15 is 0 Å². The maximum atomic E-state index is 4.24. The highest BCUT2D eigenvalue weighted by Crippen LogP contribution is 2.53. The van der Waals surface area contributed by atoms with Crippen molar-refractivity contribution < 1.29 is 0 Å². The van der Waals surface area contributed by atoms with E-state index in [0.29, 0.717) is 0 Å². The van der Waals surface area contributed by atoms with Crippen molar-refractivity contribution in [3.8, 4) is 77.9 Å². The number of aromatic nitrogens is 2. The number of fused-ring (bicyclic) bond motifs is 6. The van der Waals surface area contributed by atoms with E-state index in [1.54, 1.807) is 0 Å². The third kappa shape index (κ3) is 5.32. The monoisotopic (exact) mass is 816 g/mol. The van der Waals surface area contributed by atoms with Gasteiger partial charge in [-0.25, -0.2) is 0 Å². The normalized spacial score (nSPS) is 14.2. The van der Waals surface area contributed by atoms with Gasteiger partial charge < -0.3 is 0 Å². The van der Waals surface area contributed by atoms with Crippen LogP contribution in [0.5, 0.6) is 0 Å². The summed E-state index contributed by atoms with van der Waals surface area (Å²) in [5, 5.41) is 7.81. The molecular weight excluding hydrogens is 773 g/mol. The van der Waals surface area contributed by atoms with Crippen molar-refractivity contribution in [2.24, 2.45) is 0 Å². The Balaban J connectivity index is 0.850. The summed E-state index contributed by atoms with van der Waals surface area (Å²) in [7, 11) is 0. The average Bonchev–Trinajstić information content (AvgIpc) is 3.71. The molecule has 13 rings (SSSR count). The van der Waals surface area contributed by atoms with Gasteiger partial charge >= 0.3 is 0 Å². The molecule has 9 aromatic carbocycles. The van der Waals surface area contributed by atoms with Gasteiger partial charge in [-0.15, -0.1) is 0 Å². The van der Waals surface area contributed by atoms with Gasteiger partial charge in [0.2, 0.25) is 0 Å². The summed E-state index contributed by atoms with van der Waals surface area (Å²) in [6.45, 7) is 9.48. The predicted octanol–water partition coefficient (Wildman–Crippen LogP) is 16.3. The quantitative estimate of drug-likeness (QED) is 0.162. The molecule has 2 aromatic heterocycles. The Morgan fingerprint density at radius 1 is 0.266 bits per heavy atom. The molecule has 0 N–H and O–H groups in total. The number of hydrogen-bond acceptors (Lipinski definition) is 2. The zero-order chi connectivity index (χ0) is 42.9. The molecule has 0 unspecified atom stereocenters. The van der Waals surface area contributed by atoms with E-state index in [1.165, 1.54) is 132 Å². The first-order valence-corrected chi connectivity index (χ1v) is 22.4. The first-order chi connectivity index (χ1) is 31.2. The van der Waals surface area contributed by atoms with Crippen molar-refractivity contribution in [1.82, 2.24) is 9.97 Å². The average molecular weight is 817 g/mol. The summed E-state index contributed by atoms with van der Waals surface area (Å²) in [5.74, 6) is 0. The molecule has 0 aliphatic heterocycles. The van der Waals surface area contributed by atoms with E-state index in [0.717, 1.165) is 0 Å². The van der Waals surface area contributed by atoms with Gasteiger partial charge in [0.15, 0.2) is 0 Å². The van der Waals surface area contributed by atoms with Crippen LogP contribution in [-0.4, -0.2) is 9.97 Å². The van der Waals surface area contributed by atoms with Gasteiger partial charge in [0, 0.05) is 35.6 Å². The molecule has 0 saturated carbocycles. The Morgan fingerprint density at radius 2 is 0.562 bits per heavy atom. The molecule has 0 saturated heterocycles. The number of benzene rings is 9. The second kappa shape index (κ2) is 13.4. The first-order valence-electron chi connectivity index (χ1n) is 22.4. The van der Waals surface area contributed by atoms with Crippen molar-refractivity contribution in [2.45, 2.75) is 38.5 Å². The summed E-state index contributed by atoms with van der Waals surface area (Å²) in [6.07, 6.45) is 7.49. The van der Waals surface area contributed by atoms with Crippen LogP contribution in [-0.2, 0) is 10.8 Å². The lowest BCUT2D eigenvalue weighted by Gasteiger charge is -2.23. The first kappa shape index (κ1) is 36.9. The fourth-order valence-electron chi connectivity index (χ4n) is 11.4. The van der Waals surface area contributed by atoms with E-state index in [-0.39, 0.29) is 10.8 Å². The largest absolute Gasteiger partial charge is 0.265 e. The van der Waals surface area contributed by atoms with Crippen molar-refractivity contribution in [3.05, 3.63) is 217 Å². The molecule has 2 heterocycles. The molecule has 2 aliphatic carbocycles. The van der Waals surface area contributed by atoms with E-state index in [9.17, 15) is 0 Å². The molecule has 11 aromatic rings. The molecule has 302 valence electrons. The minimum Gasteiger partial charge on any atom is -0.265 e. The van der Waals surface area contributed by atoms with E-state index < -0.39 is 0 Å². The van der Waals surface area contributed by atoms with Gasteiger partial charge in [-0.1, -0.05) is 149 Å². The van der Waals surface area contributed by atoms with Gasteiger partial charge in [-0.05, 0) is 181 Å². The van der Waals surface area contributed by atoms with Crippen LogP contribution >= 0.6 is 0 Å². The van der Waals surface area contributed by atoms with Gasteiger partial charge in [0.25, 0.3) is 0 Å². The Hall–Kier alpha value is -7.68. The molecule has 0 atom stereocenters. The van der Waals surface area contributed by atoms with E-state index in [4.69, 9.17) is 0 Å². The van der Waals surface area contributed by atoms with E-state index in [1.807, 2.05) is 24.8 Å². The minimum absolute atomic E-state index is 0.111. The molecule has 0 spiro atoms. The zero-order valence-corrected chi connectivity index (χ0v) is 36.4. The lowest BCUT2D eigenvalue weighted by Crippen LogP contribution is -2.15. The molecule has 2 aliphatic rings. The zero-order valence-electron chi connectivity index (χ0n) is 36.4. The molecule has 2 heteroatoms. The Kier molecular flexibility index (Phi) is 7.74. The minimum atomic E-state index is -0.132. The number of hydrogen-bond donors (Lipinski definition) is 0. The Morgan fingerprint density at radius 3 is 0.984 bits per heavy atom. The van der Waals surface area contributed by atoms with Crippen LogP contribution in [0.25, 0.3) is 110 Å². The van der Waals surface area contributed by atoms with Crippen LogP contribution < -0.4 is 0 Å². The van der Waals surface area contributed by atoms with Crippen LogP contribution in [0, 0.1) is 0 Å². The molecule has 0 radical (unpaired) electrons. The SMILES string of the molecule is CC1(C)c2cc(-c3ccncc3)ccc2-c2ccc(-c3ccc(-c4ccc5ccc6c(-c7ccc8c(c7)C(C)(C)c7cc(-c9ccncc9)ccc7-8)ccc7ccc4c5c76)cc3)cc21. The highest BCUT2D eigenvalue weighted by atomic mass is 14.6. The molecule has 2 nitrogen and oxygen atoms in total. The highest BCUT2D eigenvalue weighted by Gasteiger charge is 2.37. The number of pyridine rings is 2. The lowest BCUT2D eigenvalue weighted by molar-refractivity contribution is 0.660. The smallest absolute Gasteiger partial charge is 0.0273 e. The lowest BCUT2D eigenvalue weighted by atomic mass is 9.80. The van der Waals surface area contributed by atoms with Crippen molar-refractivity contribution in [2.75, 3.05) is 0 Å². The summed E-state index contributed by atoms with van der Waals surface area (Å²) in [4.78, 5) is 8.48. The molecule has 0 fully saturated rings. The van der Waals surface area contributed by atoms with Crippen molar-refractivity contribution >= 4 is 32.3 Å². The molecular formula is C62H44N2. The summed E-state index contributed by atoms with van der Waals surface area (Å²) in [5.41, 5.74) is 23.0. The molecule has 0 amide bonds. The maximum absolute atomic E-state index is 4.24. The van der Waals surface area contributed by atoms with Gasteiger partial charge in [0.05, 0.1) is 0 Å². The van der Waals surface area contributed by atoms with Gasteiger partial charge in [-0.2, -0.15) is 0 Å². The van der Waals surface area contributed by atoms with Crippen molar-refractivity contribution in [3.63, 3.8) is 0 Å². The second-order valence-electron chi connectivity index (χ2n) is 19.0. The predicted molar refractivity (Wildman–Crippen MR) is 268 cm³/mol. The Labute approximate surface area is 373 Å². The summed E-state index contributed by atoms with van der Waals surface area (Å²) >= 11 is 0. The third-order valence-corrected chi connectivity index (χ3v) is 14.9. The Bertz CT molecular complexity index is 3690. The van der Waals surface area contributed by atoms with Gasteiger partial charge in [-0.3, -0.25) is 9.97 Å². The van der Waals surface area contributed by atoms with Gasteiger partial charge in [0.1, 0.15) is 0 Å². The summed E-state index contributed by atoms with van der Waals surface area (Å²) < 4.78 is 0. The fourth-order valence-corrected chi connectivity index (χ4v) is 11.4. The molecule has 0 bridgehead atoms. The standard InChI is InChI=1S/C62H44N2/c1-61(2)55-33-43(13-19-49(55)50-20-14-44(34-56(50)61)38-25-29-63-30-26-38)37-5-7-40(8-6-37)47-17-9-41-12-24-54-48(18-10-42-11-23-53(47)59(41)60(42)54)46-16-22-52-51-21-15-45(39-27-31-64-32-28-39)35-57(51)62(3,4)58(52)36-46/h5-36H,1-4H3. The third-order valence-electron chi connectivity index (χ3n) is 14.9. The van der Waals surface area contributed by atoms with Crippen LogP contribution in [0.1, 0.15) is 49.9 Å². The number of nitrogens with zero attached hydrogens (tertiary/aromatic N) is 2. The van der Waals surface area contributed by atoms with Crippen molar-refractivity contribution in [1.29, 1.82) is 0 Å². The van der Waals surface area contributed by atoms with Crippen LogP contribution in [0.15, 0.2) is 195 Å². The second-order valence-corrected chi connectivity index (χ2v) is 19.0. The molecule has 64 heavy (non-hydrogen) atoms. The maximum Gasteiger partial charge on any atom is 0.0273 e. The van der Waals surface area contributed by atoms with Crippen LogP contribution in [0.4, 0.5) is 0 Å².